The van der Waals surface area contributed by atoms with Crippen LogP contribution >= 0.6 is 0 Å². The van der Waals surface area contributed by atoms with E-state index in [2.05, 4.69) is 9.88 Å². The van der Waals surface area contributed by atoms with Crippen molar-refractivity contribution in [3.63, 3.8) is 0 Å². The van der Waals surface area contributed by atoms with Gasteiger partial charge in [0, 0.05) is 0 Å². The van der Waals surface area contributed by atoms with Gasteiger partial charge < -0.3 is 9.26 Å². The lowest BCUT2D eigenvalue weighted by Gasteiger charge is -2.14. The Bertz CT molecular complexity index is 1170. The molecule has 0 aliphatic rings. The Morgan fingerprint density at radius 3 is 2.37 bits per heavy atom. The van der Waals surface area contributed by atoms with Crippen LogP contribution in [-0.4, -0.2) is 20.7 Å². The van der Waals surface area contributed by atoms with E-state index in [1.807, 2.05) is 0 Å². The van der Waals surface area contributed by atoms with Gasteiger partial charge in [-0.2, -0.15) is 13.2 Å². The lowest BCUT2D eigenvalue weighted by molar-refractivity contribution is -0.139. The second-order valence-corrected chi connectivity index (χ2v) is 7.86. The second-order valence-electron chi connectivity index (χ2n) is 6.20. The highest BCUT2D eigenvalue weighted by atomic mass is 32.2. The average molecular weight is 438 g/mol. The van der Waals surface area contributed by atoms with Crippen LogP contribution in [0, 0.1) is 6.92 Å². The maximum Gasteiger partial charge on any atom is 0.417 e. The largest absolute Gasteiger partial charge is 0.497 e. The molecule has 2 aromatic carbocycles. The Morgan fingerprint density at radius 2 is 1.73 bits per heavy atom. The molecule has 1 heterocycles. The molecule has 158 valence electrons. The van der Waals surface area contributed by atoms with E-state index in [0.717, 1.165) is 17.7 Å². The summed E-state index contributed by atoms with van der Waals surface area (Å²) in [5.74, 6) is 0.777. The van der Waals surface area contributed by atoms with E-state index < -0.39 is 26.7 Å². The van der Waals surface area contributed by atoms with Gasteiger partial charge in [-0.15, -0.1) is 0 Å². The topological polar surface area (TPSA) is 81.4 Å². The standard InChI is InChI=1S/C20H17F3N2O4S/c1-13-19(17(24-29-13)12-9-14-7-10-15(28-2)11-8-14)25-30(26,27)18-6-4-3-5-16(18)20(21,22)23/h3-12,25H,1-2H3/b12-9+. The summed E-state index contributed by atoms with van der Waals surface area (Å²) in [4.78, 5) is -0.886. The van der Waals surface area contributed by atoms with Crippen molar-refractivity contribution in [1.29, 1.82) is 0 Å². The zero-order valence-electron chi connectivity index (χ0n) is 15.9. The summed E-state index contributed by atoms with van der Waals surface area (Å²) in [5.41, 5.74) is -0.414. The minimum absolute atomic E-state index is 0.0447. The van der Waals surface area contributed by atoms with E-state index in [1.54, 1.807) is 37.5 Å². The monoisotopic (exact) mass is 438 g/mol. The molecule has 6 nitrogen and oxygen atoms in total. The molecule has 0 radical (unpaired) electrons. The number of sulfonamides is 1. The Balaban J connectivity index is 1.93. The lowest BCUT2D eigenvalue weighted by Crippen LogP contribution is -2.19. The number of alkyl halides is 3. The van der Waals surface area contributed by atoms with Gasteiger partial charge in [-0.3, -0.25) is 4.72 Å². The van der Waals surface area contributed by atoms with E-state index >= 15 is 0 Å². The fourth-order valence-corrected chi connectivity index (χ4v) is 4.00. The minimum atomic E-state index is -4.83. The first-order valence-corrected chi connectivity index (χ1v) is 10.1. The number of nitrogens with zero attached hydrogens (tertiary/aromatic N) is 1. The van der Waals surface area contributed by atoms with Crippen molar-refractivity contribution >= 4 is 27.9 Å². The molecule has 0 fully saturated rings. The van der Waals surface area contributed by atoms with Gasteiger partial charge in [-0.05, 0) is 42.8 Å². The van der Waals surface area contributed by atoms with Crippen LogP contribution < -0.4 is 9.46 Å². The average Bonchev–Trinajstić information content (AvgIpc) is 3.05. The van der Waals surface area contributed by atoms with Crippen molar-refractivity contribution in [2.45, 2.75) is 18.0 Å². The van der Waals surface area contributed by atoms with Crippen molar-refractivity contribution in [3.05, 3.63) is 71.1 Å². The molecule has 0 aliphatic heterocycles. The Hall–Kier alpha value is -3.27. The third-order valence-corrected chi connectivity index (χ3v) is 5.56. The quantitative estimate of drug-likeness (QED) is 0.587. The van der Waals surface area contributed by atoms with E-state index in [9.17, 15) is 21.6 Å². The highest BCUT2D eigenvalue weighted by Crippen LogP contribution is 2.35. The van der Waals surface area contributed by atoms with E-state index in [1.165, 1.54) is 19.1 Å². The van der Waals surface area contributed by atoms with Crippen molar-refractivity contribution in [3.8, 4) is 5.75 Å². The van der Waals surface area contributed by atoms with E-state index in [0.29, 0.717) is 11.8 Å². The molecule has 0 atom stereocenters. The molecule has 1 N–H and O–H groups in total. The molecule has 0 bridgehead atoms. The summed E-state index contributed by atoms with van der Waals surface area (Å²) in [6.07, 6.45) is -1.68. The number of hydrogen-bond donors (Lipinski definition) is 1. The summed E-state index contributed by atoms with van der Waals surface area (Å²) < 4.78 is 77.4. The molecule has 0 spiro atoms. The van der Waals surface area contributed by atoms with Crippen molar-refractivity contribution in [1.82, 2.24) is 5.16 Å². The van der Waals surface area contributed by atoms with Crippen molar-refractivity contribution < 1.29 is 30.8 Å². The Kier molecular flexibility index (Phi) is 5.88. The second kappa shape index (κ2) is 8.23. The molecule has 0 saturated carbocycles. The Labute approximate surface area is 171 Å². The first-order chi connectivity index (χ1) is 14.1. The fraction of sp³-hybridized carbons (Fsp3) is 0.150. The molecule has 1 aromatic heterocycles. The van der Waals surface area contributed by atoms with Gasteiger partial charge in [-0.1, -0.05) is 35.5 Å². The van der Waals surface area contributed by atoms with Crippen LogP contribution in [0.5, 0.6) is 5.75 Å². The zero-order valence-corrected chi connectivity index (χ0v) is 16.7. The lowest BCUT2D eigenvalue weighted by atomic mass is 10.2. The molecule has 3 aromatic rings. The maximum absolute atomic E-state index is 13.2. The zero-order chi connectivity index (χ0) is 21.9. The number of ether oxygens (including phenoxy) is 1. The molecule has 0 aliphatic carbocycles. The Morgan fingerprint density at radius 1 is 1.07 bits per heavy atom. The molecular weight excluding hydrogens is 421 g/mol. The number of methoxy groups -OCH3 is 1. The normalized spacial score (nSPS) is 12.3. The third kappa shape index (κ3) is 4.65. The number of anilines is 1. The summed E-state index contributed by atoms with van der Waals surface area (Å²) >= 11 is 0. The van der Waals surface area contributed by atoms with E-state index in [-0.39, 0.29) is 17.1 Å². The fourth-order valence-electron chi connectivity index (χ4n) is 2.64. The number of aromatic nitrogens is 1. The van der Waals surface area contributed by atoms with Gasteiger partial charge in [0.1, 0.15) is 17.1 Å². The van der Waals surface area contributed by atoms with Gasteiger partial charge in [0.05, 0.1) is 17.6 Å². The highest BCUT2D eigenvalue weighted by molar-refractivity contribution is 7.92. The molecule has 0 unspecified atom stereocenters. The summed E-state index contributed by atoms with van der Waals surface area (Å²) in [7, 11) is -3.01. The number of aryl methyl sites for hydroxylation is 1. The number of hydrogen-bond acceptors (Lipinski definition) is 5. The van der Waals surface area contributed by atoms with Crippen LogP contribution in [0.2, 0.25) is 0 Å². The van der Waals surface area contributed by atoms with Crippen LogP contribution in [0.1, 0.15) is 22.6 Å². The first-order valence-electron chi connectivity index (χ1n) is 8.59. The number of halogens is 3. The highest BCUT2D eigenvalue weighted by Gasteiger charge is 2.37. The van der Waals surface area contributed by atoms with Gasteiger partial charge in [-0.25, -0.2) is 8.42 Å². The van der Waals surface area contributed by atoms with Gasteiger partial charge in [0.25, 0.3) is 10.0 Å². The first kappa shape index (κ1) is 21.4. The molecular formula is C20H17F3N2O4S. The molecule has 0 amide bonds. The molecule has 30 heavy (non-hydrogen) atoms. The van der Waals surface area contributed by atoms with Gasteiger partial charge >= 0.3 is 6.18 Å². The van der Waals surface area contributed by atoms with Crippen LogP contribution in [0.4, 0.5) is 18.9 Å². The van der Waals surface area contributed by atoms with Crippen molar-refractivity contribution in [2.75, 3.05) is 11.8 Å². The maximum atomic E-state index is 13.2. The predicted octanol–water partition coefficient (Wildman–Crippen LogP) is 4.98. The van der Waals surface area contributed by atoms with Gasteiger partial charge in [0.2, 0.25) is 0 Å². The number of benzene rings is 2. The number of rotatable bonds is 6. The molecule has 10 heteroatoms. The van der Waals surface area contributed by atoms with Crippen LogP contribution in [0.15, 0.2) is 57.9 Å². The predicted molar refractivity (Wildman–Crippen MR) is 105 cm³/mol. The summed E-state index contributed by atoms with van der Waals surface area (Å²) in [6.45, 7) is 1.45. The number of nitrogens with one attached hydrogen (secondary N) is 1. The van der Waals surface area contributed by atoms with Crippen LogP contribution in [0.3, 0.4) is 0 Å². The minimum Gasteiger partial charge on any atom is -0.497 e. The van der Waals surface area contributed by atoms with E-state index in [4.69, 9.17) is 9.26 Å². The van der Waals surface area contributed by atoms with Crippen molar-refractivity contribution in [2.24, 2.45) is 0 Å². The van der Waals surface area contributed by atoms with Gasteiger partial charge in [0.15, 0.2) is 5.76 Å². The molecule has 0 saturated heterocycles. The summed E-state index contributed by atoms with van der Waals surface area (Å²) in [5, 5.41) is 3.78. The third-order valence-electron chi connectivity index (χ3n) is 4.16. The van der Waals surface area contributed by atoms with Crippen LogP contribution in [-0.2, 0) is 16.2 Å². The van der Waals surface area contributed by atoms with Crippen LogP contribution in [0.25, 0.3) is 12.2 Å². The SMILES string of the molecule is COc1ccc(/C=C/c2noc(C)c2NS(=O)(=O)c2ccccc2C(F)(F)F)cc1. The summed E-state index contributed by atoms with van der Waals surface area (Å²) in [6, 6.07) is 11.0. The smallest absolute Gasteiger partial charge is 0.417 e. The molecule has 3 rings (SSSR count).